The molecule has 1 rings (SSSR count). The van der Waals surface area contributed by atoms with Crippen molar-refractivity contribution < 1.29 is 9.90 Å². The molecule has 1 aromatic heterocycles. The van der Waals surface area contributed by atoms with Gasteiger partial charge >= 0.3 is 5.97 Å². The highest BCUT2D eigenvalue weighted by atomic mass is 32.1. The van der Waals surface area contributed by atoms with E-state index >= 15 is 0 Å². The molecule has 1 N–H and O–H groups in total. The number of aromatic carboxylic acids is 1. The van der Waals surface area contributed by atoms with Crippen LogP contribution in [-0.4, -0.2) is 11.1 Å². The fraction of sp³-hybridized carbons (Fsp3) is 0.364. The number of carboxylic acids is 1. The lowest BCUT2D eigenvalue weighted by atomic mass is 9.98. The highest BCUT2D eigenvalue weighted by Crippen LogP contribution is 2.15. The molecule has 0 aliphatic rings. The third-order valence-corrected chi connectivity index (χ3v) is 2.31. The zero-order valence-corrected chi connectivity index (χ0v) is 9.23. The Morgan fingerprint density at radius 1 is 1.50 bits per heavy atom. The normalized spacial score (nSPS) is 10.5. The minimum Gasteiger partial charge on any atom is -0.477 e. The Morgan fingerprint density at radius 3 is 2.57 bits per heavy atom. The van der Waals surface area contributed by atoms with E-state index in [9.17, 15) is 4.79 Å². The first-order valence-electron chi connectivity index (χ1n) is 4.23. The second kappa shape index (κ2) is 3.85. The molecule has 0 spiro atoms. The Hall–Kier alpha value is -1.27. The van der Waals surface area contributed by atoms with Gasteiger partial charge in [0.15, 0.2) is 0 Å². The maximum absolute atomic E-state index is 10.6. The Morgan fingerprint density at radius 2 is 2.14 bits per heavy atom. The van der Waals surface area contributed by atoms with Crippen LogP contribution in [0.2, 0.25) is 0 Å². The maximum atomic E-state index is 10.6. The quantitative estimate of drug-likeness (QED) is 0.720. The van der Waals surface area contributed by atoms with Crippen LogP contribution in [0.15, 0.2) is 11.4 Å². The molecule has 3 heteroatoms. The van der Waals surface area contributed by atoms with Gasteiger partial charge in [-0.05, 0) is 26.8 Å². The number of hydrogen-bond acceptors (Lipinski definition) is 2. The van der Waals surface area contributed by atoms with Gasteiger partial charge in [0.05, 0.1) is 0 Å². The van der Waals surface area contributed by atoms with Crippen molar-refractivity contribution in [1.82, 2.24) is 0 Å². The van der Waals surface area contributed by atoms with Gasteiger partial charge in [0.1, 0.15) is 4.88 Å². The molecule has 0 saturated carbocycles. The van der Waals surface area contributed by atoms with Crippen molar-refractivity contribution in [3.05, 3.63) is 21.9 Å². The van der Waals surface area contributed by atoms with E-state index in [1.54, 1.807) is 11.4 Å². The third-order valence-electron chi connectivity index (χ3n) is 1.39. The van der Waals surface area contributed by atoms with E-state index in [0.29, 0.717) is 4.88 Å². The average Bonchev–Trinajstić information content (AvgIpc) is 2.47. The van der Waals surface area contributed by atoms with Crippen LogP contribution in [0.3, 0.4) is 0 Å². The van der Waals surface area contributed by atoms with Crippen LogP contribution in [0.25, 0.3) is 0 Å². The van der Waals surface area contributed by atoms with Crippen LogP contribution in [-0.2, 0) is 0 Å². The lowest BCUT2D eigenvalue weighted by Gasteiger charge is -2.06. The summed E-state index contributed by atoms with van der Waals surface area (Å²) < 4.78 is 0. The van der Waals surface area contributed by atoms with Gasteiger partial charge in [0, 0.05) is 16.4 Å². The van der Waals surface area contributed by atoms with E-state index in [4.69, 9.17) is 5.11 Å². The highest BCUT2D eigenvalue weighted by molar-refractivity contribution is 7.12. The predicted octanol–water partition coefficient (Wildman–Crippen LogP) is 2.84. The van der Waals surface area contributed by atoms with Crippen LogP contribution < -0.4 is 0 Å². The second-order valence-corrected chi connectivity index (χ2v) is 4.92. The minimum atomic E-state index is -0.890. The largest absolute Gasteiger partial charge is 0.477 e. The summed E-state index contributed by atoms with van der Waals surface area (Å²) in [6, 6.07) is 1.60. The lowest BCUT2D eigenvalue weighted by Crippen LogP contribution is -1.99. The molecule has 0 bridgehead atoms. The van der Waals surface area contributed by atoms with Gasteiger partial charge in [0.25, 0.3) is 0 Å². The third kappa shape index (κ3) is 3.23. The Balaban J connectivity index is 2.87. The smallest absolute Gasteiger partial charge is 0.345 e. The summed E-state index contributed by atoms with van der Waals surface area (Å²) in [5, 5.41) is 10.5. The van der Waals surface area contributed by atoms with E-state index in [1.807, 2.05) is 20.8 Å². The summed E-state index contributed by atoms with van der Waals surface area (Å²) >= 11 is 1.21. The lowest BCUT2D eigenvalue weighted by molar-refractivity contribution is 0.0702. The molecule has 0 saturated heterocycles. The fourth-order valence-electron chi connectivity index (χ4n) is 0.774. The van der Waals surface area contributed by atoms with Crippen LogP contribution in [0.4, 0.5) is 0 Å². The van der Waals surface area contributed by atoms with Crippen LogP contribution >= 0.6 is 11.3 Å². The number of carbonyl (C=O) groups is 1. The molecule has 0 unspecified atom stereocenters. The first-order chi connectivity index (χ1) is 6.38. The summed E-state index contributed by atoms with van der Waals surface area (Å²) in [5.74, 6) is 5.12. The molecule has 0 fully saturated rings. The van der Waals surface area contributed by atoms with Crippen molar-refractivity contribution >= 4 is 17.3 Å². The van der Waals surface area contributed by atoms with Gasteiger partial charge in [-0.1, -0.05) is 11.8 Å². The number of rotatable bonds is 1. The summed E-state index contributed by atoms with van der Waals surface area (Å²) in [6.45, 7) is 6.05. The van der Waals surface area contributed by atoms with Gasteiger partial charge < -0.3 is 5.11 Å². The van der Waals surface area contributed by atoms with Crippen molar-refractivity contribution in [2.24, 2.45) is 5.41 Å². The highest BCUT2D eigenvalue weighted by Gasteiger charge is 2.06. The molecule has 0 aliphatic carbocycles. The number of carboxylic acid groups (broad SMARTS) is 1. The molecule has 0 aliphatic heterocycles. The van der Waals surface area contributed by atoms with Gasteiger partial charge in [-0.25, -0.2) is 4.79 Å². The first kappa shape index (κ1) is 10.8. The maximum Gasteiger partial charge on any atom is 0.345 e. The molecule has 1 heterocycles. The SMILES string of the molecule is CC(C)(C)C#Cc1csc(C(=O)O)c1. The predicted molar refractivity (Wildman–Crippen MR) is 57.6 cm³/mol. The Labute approximate surface area is 87.6 Å². The van der Waals surface area contributed by atoms with Crippen LogP contribution in [0.5, 0.6) is 0 Å². The molecular formula is C11H12O2S. The molecule has 74 valence electrons. The summed E-state index contributed by atoms with van der Waals surface area (Å²) in [5.41, 5.74) is 0.730. The van der Waals surface area contributed by atoms with Gasteiger partial charge in [0.2, 0.25) is 0 Å². The Kier molecular flexibility index (Phi) is 2.97. The van der Waals surface area contributed by atoms with Crippen LogP contribution in [0, 0.1) is 17.3 Å². The molecule has 0 radical (unpaired) electrons. The van der Waals surface area contributed by atoms with Crippen molar-refractivity contribution in [3.8, 4) is 11.8 Å². The van der Waals surface area contributed by atoms with E-state index < -0.39 is 5.97 Å². The zero-order valence-electron chi connectivity index (χ0n) is 8.42. The van der Waals surface area contributed by atoms with E-state index in [-0.39, 0.29) is 5.41 Å². The summed E-state index contributed by atoms with van der Waals surface area (Å²) in [6.07, 6.45) is 0. The summed E-state index contributed by atoms with van der Waals surface area (Å²) in [7, 11) is 0. The van der Waals surface area contributed by atoms with Crippen molar-refractivity contribution in [2.75, 3.05) is 0 Å². The van der Waals surface area contributed by atoms with Crippen molar-refractivity contribution in [2.45, 2.75) is 20.8 Å². The first-order valence-corrected chi connectivity index (χ1v) is 5.11. The van der Waals surface area contributed by atoms with Crippen LogP contribution in [0.1, 0.15) is 36.0 Å². The number of hydrogen-bond donors (Lipinski definition) is 1. The zero-order chi connectivity index (χ0) is 10.8. The van der Waals surface area contributed by atoms with E-state index in [2.05, 4.69) is 11.8 Å². The molecule has 2 nitrogen and oxygen atoms in total. The average molecular weight is 208 g/mol. The molecule has 1 aromatic rings. The Bertz CT molecular complexity index is 399. The molecule has 0 amide bonds. The van der Waals surface area contributed by atoms with Gasteiger partial charge in [-0.15, -0.1) is 11.3 Å². The van der Waals surface area contributed by atoms with Crippen molar-refractivity contribution in [3.63, 3.8) is 0 Å². The minimum absolute atomic E-state index is 0.0503. The summed E-state index contributed by atoms with van der Waals surface area (Å²) in [4.78, 5) is 10.9. The van der Waals surface area contributed by atoms with Crippen molar-refractivity contribution in [1.29, 1.82) is 0 Å². The van der Waals surface area contributed by atoms with Gasteiger partial charge in [-0.3, -0.25) is 0 Å². The number of thiophene rings is 1. The standard InChI is InChI=1S/C11H12O2S/c1-11(2,3)5-4-8-6-9(10(12)13)14-7-8/h6-7H,1-3H3,(H,12,13). The van der Waals surface area contributed by atoms with E-state index in [1.165, 1.54) is 11.3 Å². The van der Waals surface area contributed by atoms with E-state index in [0.717, 1.165) is 5.56 Å². The van der Waals surface area contributed by atoms with Gasteiger partial charge in [-0.2, -0.15) is 0 Å². The molecule has 0 aromatic carbocycles. The topological polar surface area (TPSA) is 37.3 Å². The fourth-order valence-corrected chi connectivity index (χ4v) is 1.45. The molecular weight excluding hydrogens is 196 g/mol. The monoisotopic (exact) mass is 208 g/mol. The second-order valence-electron chi connectivity index (χ2n) is 4.00. The molecule has 0 atom stereocenters. The molecule has 14 heavy (non-hydrogen) atoms.